The molecule has 3 rings (SSSR count). The van der Waals surface area contributed by atoms with Crippen molar-refractivity contribution in [3.05, 3.63) is 35.4 Å². The van der Waals surface area contributed by atoms with E-state index < -0.39 is 0 Å². The van der Waals surface area contributed by atoms with Crippen molar-refractivity contribution < 1.29 is 9.53 Å². The quantitative estimate of drug-likeness (QED) is 0.679. The first kappa shape index (κ1) is 11.1. The second kappa shape index (κ2) is 3.91. The monoisotopic (exact) mass is 219 g/mol. The first-order valence-electron chi connectivity index (χ1n) is 5.35. The topological polar surface area (TPSA) is 38.3 Å². The summed E-state index contributed by atoms with van der Waals surface area (Å²) >= 11 is 0. The molecular weight excluding hydrogens is 202 g/mol. The van der Waals surface area contributed by atoms with Crippen LogP contribution in [0.1, 0.15) is 36.2 Å². The second-order valence-electron chi connectivity index (χ2n) is 4.18. The number of hydrogen-bond donors (Lipinski definition) is 1. The van der Waals surface area contributed by atoms with E-state index in [1.54, 1.807) is 0 Å². The molecule has 0 bridgehead atoms. The highest BCUT2D eigenvalue weighted by molar-refractivity contribution is 5.94. The van der Waals surface area contributed by atoms with Gasteiger partial charge in [-0.05, 0) is 19.2 Å². The Morgan fingerprint density at radius 1 is 1.19 bits per heavy atom. The van der Waals surface area contributed by atoms with E-state index in [0.717, 1.165) is 37.1 Å². The number of fused-ring (bicyclic) bond motifs is 2. The molecule has 0 aliphatic carbocycles. The lowest BCUT2D eigenvalue weighted by Crippen LogP contribution is -2.39. The third-order valence-electron chi connectivity index (χ3n) is 3.34. The van der Waals surface area contributed by atoms with Crippen LogP contribution >= 0.6 is 0 Å². The number of piperidine rings is 1. The lowest BCUT2D eigenvalue weighted by molar-refractivity contribution is -0.0241. The second-order valence-corrected chi connectivity index (χ2v) is 4.18. The van der Waals surface area contributed by atoms with Gasteiger partial charge in [0.05, 0.1) is 5.56 Å². The van der Waals surface area contributed by atoms with Gasteiger partial charge >= 0.3 is 5.97 Å². The van der Waals surface area contributed by atoms with Gasteiger partial charge in [-0.2, -0.15) is 0 Å². The molecule has 1 spiro atoms. The highest BCUT2D eigenvalue weighted by Gasteiger charge is 2.45. The minimum absolute atomic E-state index is 0. The number of carbonyl (C=O) groups is 1. The highest BCUT2D eigenvalue weighted by Crippen LogP contribution is 2.42. The van der Waals surface area contributed by atoms with Crippen molar-refractivity contribution >= 4 is 5.97 Å². The molecule has 1 aromatic carbocycles. The summed E-state index contributed by atoms with van der Waals surface area (Å²) in [6, 6.07) is 7.74. The van der Waals surface area contributed by atoms with Crippen LogP contribution in [0, 0.1) is 0 Å². The molecule has 2 heterocycles. The SMILES string of the molecule is C.O=C1OC2(CCNCC2)c2ccccc21. The van der Waals surface area contributed by atoms with Crippen LogP contribution < -0.4 is 5.32 Å². The van der Waals surface area contributed by atoms with Crippen LogP contribution in [0.5, 0.6) is 0 Å². The zero-order valence-corrected chi connectivity index (χ0v) is 8.45. The van der Waals surface area contributed by atoms with E-state index in [9.17, 15) is 4.79 Å². The van der Waals surface area contributed by atoms with Crippen molar-refractivity contribution in [3.63, 3.8) is 0 Å². The van der Waals surface area contributed by atoms with Gasteiger partial charge in [0.25, 0.3) is 0 Å². The Hall–Kier alpha value is -1.35. The van der Waals surface area contributed by atoms with Crippen LogP contribution in [0.25, 0.3) is 0 Å². The van der Waals surface area contributed by atoms with Crippen LogP contribution in [-0.2, 0) is 10.3 Å². The molecule has 0 amide bonds. The number of hydrogen-bond acceptors (Lipinski definition) is 3. The summed E-state index contributed by atoms with van der Waals surface area (Å²) in [4.78, 5) is 11.7. The van der Waals surface area contributed by atoms with Crippen LogP contribution in [0.3, 0.4) is 0 Å². The van der Waals surface area contributed by atoms with E-state index in [1.807, 2.05) is 24.3 Å². The van der Waals surface area contributed by atoms with Gasteiger partial charge < -0.3 is 10.1 Å². The maximum absolute atomic E-state index is 11.7. The van der Waals surface area contributed by atoms with Gasteiger partial charge in [0, 0.05) is 18.4 Å². The van der Waals surface area contributed by atoms with Gasteiger partial charge in [-0.15, -0.1) is 0 Å². The lowest BCUT2D eigenvalue weighted by Gasteiger charge is -2.33. The third kappa shape index (κ3) is 1.43. The van der Waals surface area contributed by atoms with Crippen molar-refractivity contribution in [3.8, 4) is 0 Å². The largest absolute Gasteiger partial charge is 0.450 e. The number of rotatable bonds is 0. The van der Waals surface area contributed by atoms with Crippen LogP contribution in [0.15, 0.2) is 24.3 Å². The van der Waals surface area contributed by atoms with Gasteiger partial charge in [0.1, 0.15) is 5.60 Å². The van der Waals surface area contributed by atoms with Gasteiger partial charge in [0.15, 0.2) is 0 Å². The summed E-state index contributed by atoms with van der Waals surface area (Å²) in [5.74, 6) is -0.160. The van der Waals surface area contributed by atoms with E-state index in [2.05, 4.69) is 5.32 Å². The Morgan fingerprint density at radius 3 is 2.62 bits per heavy atom. The fourth-order valence-corrected chi connectivity index (χ4v) is 2.55. The molecule has 0 saturated carbocycles. The van der Waals surface area contributed by atoms with Crippen molar-refractivity contribution in [2.24, 2.45) is 0 Å². The summed E-state index contributed by atoms with van der Waals surface area (Å²) in [6.07, 6.45) is 1.77. The summed E-state index contributed by atoms with van der Waals surface area (Å²) in [5.41, 5.74) is 1.50. The Kier molecular flexibility index (Phi) is 2.72. The molecular formula is C13H17NO2. The van der Waals surface area contributed by atoms with E-state index >= 15 is 0 Å². The third-order valence-corrected chi connectivity index (χ3v) is 3.34. The highest BCUT2D eigenvalue weighted by atomic mass is 16.6. The molecule has 1 aromatic rings. The van der Waals surface area contributed by atoms with E-state index in [4.69, 9.17) is 4.74 Å². The van der Waals surface area contributed by atoms with Gasteiger partial charge in [0.2, 0.25) is 0 Å². The molecule has 1 N–H and O–H groups in total. The van der Waals surface area contributed by atoms with Gasteiger partial charge in [-0.3, -0.25) is 0 Å². The predicted octanol–water partition coefficient (Wildman–Crippen LogP) is 2.07. The normalized spacial score (nSPS) is 21.1. The first-order chi connectivity index (χ1) is 7.32. The van der Waals surface area contributed by atoms with Gasteiger partial charge in [-0.25, -0.2) is 4.79 Å². The zero-order chi connectivity index (χ0) is 10.3. The average molecular weight is 219 g/mol. The molecule has 3 nitrogen and oxygen atoms in total. The number of carbonyl (C=O) groups excluding carboxylic acids is 1. The number of benzene rings is 1. The van der Waals surface area contributed by atoms with Crippen molar-refractivity contribution in [2.75, 3.05) is 13.1 Å². The Labute approximate surface area is 95.8 Å². The zero-order valence-electron chi connectivity index (χ0n) is 8.45. The lowest BCUT2D eigenvalue weighted by atomic mass is 9.84. The fraction of sp³-hybridized carbons (Fsp3) is 0.462. The summed E-state index contributed by atoms with van der Waals surface area (Å²) in [7, 11) is 0. The maximum Gasteiger partial charge on any atom is 0.339 e. The van der Waals surface area contributed by atoms with Crippen LogP contribution in [-0.4, -0.2) is 19.1 Å². The maximum atomic E-state index is 11.7. The molecule has 0 atom stereocenters. The molecule has 0 unspecified atom stereocenters. The summed E-state index contributed by atoms with van der Waals surface area (Å²) in [6.45, 7) is 1.84. The van der Waals surface area contributed by atoms with Crippen molar-refractivity contribution in [1.29, 1.82) is 0 Å². The van der Waals surface area contributed by atoms with Crippen LogP contribution in [0.2, 0.25) is 0 Å². The molecule has 2 aliphatic heterocycles. The minimum atomic E-state index is -0.334. The Balaban J connectivity index is 0.000000963. The molecule has 3 heteroatoms. The smallest absolute Gasteiger partial charge is 0.339 e. The first-order valence-corrected chi connectivity index (χ1v) is 5.35. The molecule has 86 valence electrons. The Morgan fingerprint density at radius 2 is 1.88 bits per heavy atom. The molecule has 1 saturated heterocycles. The van der Waals surface area contributed by atoms with E-state index in [1.165, 1.54) is 0 Å². The molecule has 16 heavy (non-hydrogen) atoms. The minimum Gasteiger partial charge on any atom is -0.450 e. The Bertz CT molecular complexity index is 408. The van der Waals surface area contributed by atoms with E-state index in [-0.39, 0.29) is 19.0 Å². The van der Waals surface area contributed by atoms with E-state index in [0.29, 0.717) is 0 Å². The molecule has 0 aromatic heterocycles. The summed E-state index contributed by atoms with van der Waals surface area (Å²) < 4.78 is 5.58. The van der Waals surface area contributed by atoms with Crippen LogP contribution in [0.4, 0.5) is 0 Å². The predicted molar refractivity (Wildman–Crippen MR) is 62.4 cm³/mol. The van der Waals surface area contributed by atoms with Gasteiger partial charge in [-0.1, -0.05) is 25.6 Å². The van der Waals surface area contributed by atoms with Crippen molar-refractivity contribution in [2.45, 2.75) is 25.9 Å². The molecule has 2 aliphatic rings. The fourth-order valence-electron chi connectivity index (χ4n) is 2.55. The standard InChI is InChI=1S/C12H13NO2.CH4/c14-11-9-3-1-2-4-10(9)12(15-11)5-7-13-8-6-12;/h1-4,13H,5-8H2;1H4. The average Bonchev–Trinajstić information content (AvgIpc) is 2.55. The van der Waals surface area contributed by atoms with Crippen molar-refractivity contribution in [1.82, 2.24) is 5.32 Å². The molecule has 0 radical (unpaired) electrons. The number of ether oxygens (including phenoxy) is 1. The molecule has 1 fully saturated rings. The number of esters is 1. The summed E-state index contributed by atoms with van der Waals surface area (Å²) in [5, 5.41) is 3.29. The number of nitrogens with one attached hydrogen (secondary N) is 1.